The quantitative estimate of drug-likeness (QED) is 0.845. The first-order valence-electron chi connectivity index (χ1n) is 6.78. The first kappa shape index (κ1) is 15.5. The number of hydrogen-bond acceptors (Lipinski definition) is 4. The van der Waals surface area contributed by atoms with Gasteiger partial charge in [0, 0.05) is 21.7 Å². The van der Waals surface area contributed by atoms with E-state index in [-0.39, 0.29) is 5.41 Å². The van der Waals surface area contributed by atoms with Gasteiger partial charge in [-0.2, -0.15) is 0 Å². The van der Waals surface area contributed by atoms with Gasteiger partial charge >= 0.3 is 0 Å². The molecule has 4 heteroatoms. The van der Waals surface area contributed by atoms with E-state index < -0.39 is 0 Å². The molecule has 0 bridgehead atoms. The van der Waals surface area contributed by atoms with Crippen LogP contribution in [0.2, 0.25) is 0 Å². The monoisotopic (exact) mass is 306 g/mol. The molecule has 0 aliphatic carbocycles. The minimum Gasteiger partial charge on any atom is -0.326 e. The summed E-state index contributed by atoms with van der Waals surface area (Å²) >= 11 is 3.58. The number of rotatable bonds is 4. The predicted octanol–water partition coefficient (Wildman–Crippen LogP) is 4.50. The highest BCUT2D eigenvalue weighted by Gasteiger charge is 2.22. The lowest BCUT2D eigenvalue weighted by molar-refractivity contribution is 0.565. The SMILES string of the molecule is Cc1ccc(SCc2nc(C(C)(C)C)c(CN)s2)cc1. The molecule has 0 aliphatic rings. The number of thioether (sulfide) groups is 1. The van der Waals surface area contributed by atoms with Crippen LogP contribution >= 0.6 is 23.1 Å². The van der Waals surface area contributed by atoms with E-state index >= 15 is 0 Å². The van der Waals surface area contributed by atoms with Crippen molar-refractivity contribution in [1.82, 2.24) is 4.98 Å². The largest absolute Gasteiger partial charge is 0.326 e. The topological polar surface area (TPSA) is 38.9 Å². The number of aryl methyl sites for hydroxylation is 1. The third kappa shape index (κ3) is 3.84. The van der Waals surface area contributed by atoms with Gasteiger partial charge in [-0.15, -0.1) is 23.1 Å². The summed E-state index contributed by atoms with van der Waals surface area (Å²) in [5.74, 6) is 0.913. The Balaban J connectivity index is 2.10. The van der Waals surface area contributed by atoms with Crippen molar-refractivity contribution in [3.63, 3.8) is 0 Å². The zero-order valence-electron chi connectivity index (χ0n) is 12.6. The molecule has 0 atom stereocenters. The van der Waals surface area contributed by atoms with Gasteiger partial charge in [-0.3, -0.25) is 0 Å². The van der Waals surface area contributed by atoms with E-state index in [0.29, 0.717) is 6.54 Å². The highest BCUT2D eigenvalue weighted by molar-refractivity contribution is 7.98. The van der Waals surface area contributed by atoms with E-state index in [4.69, 9.17) is 10.7 Å². The summed E-state index contributed by atoms with van der Waals surface area (Å²) in [5, 5.41) is 1.17. The van der Waals surface area contributed by atoms with Crippen LogP contribution < -0.4 is 5.73 Å². The van der Waals surface area contributed by atoms with Crippen LogP contribution in [0, 0.1) is 6.92 Å². The molecule has 2 nitrogen and oxygen atoms in total. The van der Waals surface area contributed by atoms with Crippen molar-refractivity contribution in [2.45, 2.75) is 50.3 Å². The molecule has 1 aromatic heterocycles. The molecule has 2 rings (SSSR count). The van der Waals surface area contributed by atoms with Gasteiger partial charge in [-0.05, 0) is 19.1 Å². The highest BCUT2D eigenvalue weighted by atomic mass is 32.2. The van der Waals surface area contributed by atoms with Crippen LogP contribution in [-0.4, -0.2) is 4.98 Å². The van der Waals surface area contributed by atoms with Gasteiger partial charge in [0.1, 0.15) is 5.01 Å². The Hall–Kier alpha value is -0.840. The number of hydrogen-bond donors (Lipinski definition) is 1. The minimum absolute atomic E-state index is 0.0674. The summed E-state index contributed by atoms with van der Waals surface area (Å²) in [6.07, 6.45) is 0. The second-order valence-electron chi connectivity index (χ2n) is 5.94. The van der Waals surface area contributed by atoms with E-state index in [9.17, 15) is 0 Å². The van der Waals surface area contributed by atoms with Crippen molar-refractivity contribution < 1.29 is 0 Å². The third-order valence-corrected chi connectivity index (χ3v) is 5.30. The van der Waals surface area contributed by atoms with Crippen LogP contribution in [-0.2, 0) is 17.7 Å². The lowest BCUT2D eigenvalue weighted by Gasteiger charge is -2.16. The van der Waals surface area contributed by atoms with Crippen LogP contribution in [0.3, 0.4) is 0 Å². The number of benzene rings is 1. The maximum absolute atomic E-state index is 5.85. The van der Waals surface area contributed by atoms with Crippen LogP contribution in [0.5, 0.6) is 0 Å². The zero-order valence-corrected chi connectivity index (χ0v) is 14.2. The number of nitrogens with two attached hydrogens (primary N) is 1. The molecule has 0 aliphatic heterocycles. The lowest BCUT2D eigenvalue weighted by Crippen LogP contribution is -2.15. The first-order valence-corrected chi connectivity index (χ1v) is 8.59. The predicted molar refractivity (Wildman–Crippen MR) is 89.4 cm³/mol. The molecule has 2 N–H and O–H groups in total. The molecule has 0 saturated carbocycles. The Morgan fingerprint density at radius 2 is 1.85 bits per heavy atom. The van der Waals surface area contributed by atoms with Gasteiger partial charge < -0.3 is 5.73 Å². The number of aromatic nitrogens is 1. The van der Waals surface area contributed by atoms with Gasteiger partial charge in [-0.25, -0.2) is 4.98 Å². The van der Waals surface area contributed by atoms with Crippen molar-refractivity contribution in [2.75, 3.05) is 0 Å². The maximum Gasteiger partial charge on any atom is 0.103 e. The maximum atomic E-state index is 5.85. The Morgan fingerprint density at radius 1 is 1.20 bits per heavy atom. The van der Waals surface area contributed by atoms with Crippen LogP contribution in [0.25, 0.3) is 0 Å². The van der Waals surface area contributed by atoms with Gasteiger partial charge in [0.15, 0.2) is 0 Å². The van der Waals surface area contributed by atoms with Crippen molar-refractivity contribution in [3.8, 4) is 0 Å². The van der Waals surface area contributed by atoms with Crippen molar-refractivity contribution in [1.29, 1.82) is 0 Å². The first-order chi connectivity index (χ1) is 9.40. The molecule has 2 aromatic rings. The molecule has 0 saturated heterocycles. The van der Waals surface area contributed by atoms with Crippen molar-refractivity contribution >= 4 is 23.1 Å². The summed E-state index contributed by atoms with van der Waals surface area (Å²) in [6, 6.07) is 8.64. The van der Waals surface area contributed by atoms with E-state index in [1.807, 2.05) is 11.8 Å². The zero-order chi connectivity index (χ0) is 14.8. The van der Waals surface area contributed by atoms with Crippen LogP contribution in [0.15, 0.2) is 29.2 Å². The molecule has 0 amide bonds. The summed E-state index contributed by atoms with van der Waals surface area (Å²) in [4.78, 5) is 7.31. The third-order valence-electron chi connectivity index (χ3n) is 3.02. The van der Waals surface area contributed by atoms with Gasteiger partial charge in [-0.1, -0.05) is 38.5 Å². The van der Waals surface area contributed by atoms with Gasteiger partial charge in [0.25, 0.3) is 0 Å². The average Bonchev–Trinajstić information content (AvgIpc) is 2.81. The fraction of sp³-hybridized carbons (Fsp3) is 0.438. The number of nitrogens with zero attached hydrogens (tertiary/aromatic N) is 1. The second kappa shape index (κ2) is 6.29. The molecule has 0 fully saturated rings. The summed E-state index contributed by atoms with van der Waals surface area (Å²) in [7, 11) is 0. The molecule has 108 valence electrons. The van der Waals surface area contributed by atoms with E-state index in [0.717, 1.165) is 11.4 Å². The molecular weight excluding hydrogens is 284 g/mol. The summed E-state index contributed by atoms with van der Waals surface area (Å²) in [5.41, 5.74) is 8.37. The molecule has 0 radical (unpaired) electrons. The minimum atomic E-state index is 0.0674. The van der Waals surface area contributed by atoms with E-state index in [1.165, 1.54) is 20.3 Å². The highest BCUT2D eigenvalue weighted by Crippen LogP contribution is 2.32. The summed E-state index contributed by atoms with van der Waals surface area (Å²) < 4.78 is 0. The average molecular weight is 306 g/mol. The Morgan fingerprint density at radius 3 is 2.35 bits per heavy atom. The van der Waals surface area contributed by atoms with E-state index in [1.54, 1.807) is 11.3 Å². The van der Waals surface area contributed by atoms with Gasteiger partial charge in [0.05, 0.1) is 11.4 Å². The smallest absolute Gasteiger partial charge is 0.103 e. The molecular formula is C16H22N2S2. The standard InChI is InChI=1S/C16H22N2S2/c1-11-5-7-12(8-6-11)19-10-14-18-15(16(2,3)4)13(9-17)20-14/h5-8H,9-10,17H2,1-4H3. The Labute approximate surface area is 129 Å². The number of thiazole rings is 1. The lowest BCUT2D eigenvalue weighted by atomic mass is 9.91. The van der Waals surface area contributed by atoms with Crippen molar-refractivity contribution in [3.05, 3.63) is 45.4 Å². The molecule has 1 heterocycles. The normalized spacial score (nSPS) is 11.8. The molecule has 0 unspecified atom stereocenters. The fourth-order valence-electron chi connectivity index (χ4n) is 1.97. The Kier molecular flexibility index (Phi) is 4.89. The second-order valence-corrected chi connectivity index (χ2v) is 8.15. The summed E-state index contributed by atoms with van der Waals surface area (Å²) in [6.45, 7) is 9.27. The fourth-order valence-corrected chi connectivity index (χ4v) is 4.01. The van der Waals surface area contributed by atoms with Gasteiger partial charge in [0.2, 0.25) is 0 Å². The van der Waals surface area contributed by atoms with E-state index in [2.05, 4.69) is 52.0 Å². The molecule has 20 heavy (non-hydrogen) atoms. The van der Waals surface area contributed by atoms with Crippen LogP contribution in [0.1, 0.15) is 41.9 Å². The van der Waals surface area contributed by atoms with Crippen molar-refractivity contribution in [2.24, 2.45) is 5.73 Å². The molecule has 1 aromatic carbocycles. The van der Waals surface area contributed by atoms with Crippen LogP contribution in [0.4, 0.5) is 0 Å². The Bertz CT molecular complexity index is 565. The molecule has 0 spiro atoms.